The van der Waals surface area contributed by atoms with Crippen molar-refractivity contribution < 1.29 is 9.53 Å². The summed E-state index contributed by atoms with van der Waals surface area (Å²) in [7, 11) is 3.84. The van der Waals surface area contributed by atoms with Gasteiger partial charge in [-0.1, -0.05) is 19.3 Å². The Morgan fingerprint density at radius 3 is 2.78 bits per heavy atom. The van der Waals surface area contributed by atoms with E-state index in [1.54, 1.807) is 10.9 Å². The van der Waals surface area contributed by atoms with Gasteiger partial charge in [0.25, 0.3) is 0 Å². The van der Waals surface area contributed by atoms with E-state index in [1.807, 2.05) is 31.1 Å². The summed E-state index contributed by atoms with van der Waals surface area (Å²) in [5.41, 5.74) is 1.82. The van der Waals surface area contributed by atoms with Crippen LogP contribution in [0.15, 0.2) is 18.6 Å². The number of nitrogens with zero attached hydrogens (tertiary/aromatic N) is 4. The van der Waals surface area contributed by atoms with Crippen LogP contribution < -0.4 is 10.6 Å². The largest absolute Gasteiger partial charge is 0.368 e. The van der Waals surface area contributed by atoms with E-state index in [0.29, 0.717) is 12.5 Å². The van der Waals surface area contributed by atoms with Crippen LogP contribution in [0.25, 0.3) is 0 Å². The van der Waals surface area contributed by atoms with Gasteiger partial charge in [0.1, 0.15) is 11.9 Å². The number of urea groups is 1. The zero-order chi connectivity index (χ0) is 18.8. The van der Waals surface area contributed by atoms with E-state index in [4.69, 9.17) is 4.74 Å². The maximum atomic E-state index is 12.7. The highest BCUT2D eigenvalue weighted by Crippen LogP contribution is 2.35. The SMILES string of the molecule is Cn1cc(NC(=O)N[C@@H]2CCO[C@H]2c2nccn2C)c(C2CCCCC2)n1. The molecule has 1 saturated carbocycles. The van der Waals surface area contributed by atoms with Gasteiger partial charge in [-0.05, 0) is 19.3 Å². The second kappa shape index (κ2) is 7.72. The zero-order valence-electron chi connectivity index (χ0n) is 16.0. The van der Waals surface area contributed by atoms with Crippen molar-refractivity contribution in [3.8, 4) is 0 Å². The van der Waals surface area contributed by atoms with E-state index in [1.165, 1.54) is 19.3 Å². The Labute approximate surface area is 159 Å². The van der Waals surface area contributed by atoms with Gasteiger partial charge in [0.05, 0.1) is 17.4 Å². The number of ether oxygens (including phenoxy) is 1. The summed E-state index contributed by atoms with van der Waals surface area (Å²) in [6.45, 7) is 0.614. The highest BCUT2D eigenvalue weighted by molar-refractivity contribution is 5.90. The average Bonchev–Trinajstić information content (AvgIpc) is 3.36. The third-order valence-electron chi connectivity index (χ3n) is 5.62. The number of aryl methyl sites for hydroxylation is 2. The first-order valence-corrected chi connectivity index (χ1v) is 9.81. The van der Waals surface area contributed by atoms with Gasteiger partial charge in [0, 0.05) is 45.2 Å². The number of rotatable bonds is 4. The molecule has 1 aliphatic carbocycles. The van der Waals surface area contributed by atoms with Gasteiger partial charge in [0.15, 0.2) is 0 Å². The third kappa shape index (κ3) is 3.85. The van der Waals surface area contributed by atoms with E-state index in [-0.39, 0.29) is 18.2 Å². The Kier molecular flexibility index (Phi) is 5.15. The molecular formula is C19H28N6O2. The van der Waals surface area contributed by atoms with Crippen LogP contribution in [-0.4, -0.2) is 38.0 Å². The van der Waals surface area contributed by atoms with Crippen molar-refractivity contribution in [2.45, 2.75) is 56.6 Å². The third-order valence-corrected chi connectivity index (χ3v) is 5.62. The summed E-state index contributed by atoms with van der Waals surface area (Å²) >= 11 is 0. The van der Waals surface area contributed by atoms with Crippen LogP contribution in [0.3, 0.4) is 0 Å². The number of hydrogen-bond donors (Lipinski definition) is 2. The summed E-state index contributed by atoms with van der Waals surface area (Å²) in [6.07, 6.45) is 12.1. The van der Waals surface area contributed by atoms with Crippen LogP contribution in [-0.2, 0) is 18.8 Å². The first-order chi connectivity index (χ1) is 13.1. The standard InChI is InChI=1S/C19H28N6O2/c1-24-10-9-20-18(24)17-14(8-11-27-17)21-19(26)22-15-12-25(2)23-16(15)13-6-4-3-5-7-13/h9-10,12-14,17H,3-8,11H2,1-2H3,(H2,21,22,26)/t14-,17-/m1/s1. The quantitative estimate of drug-likeness (QED) is 0.864. The highest BCUT2D eigenvalue weighted by atomic mass is 16.5. The molecule has 0 spiro atoms. The molecule has 0 radical (unpaired) electrons. The lowest BCUT2D eigenvalue weighted by Crippen LogP contribution is -2.40. The van der Waals surface area contributed by atoms with Crippen molar-refractivity contribution in [1.29, 1.82) is 0 Å². The molecular weight excluding hydrogens is 344 g/mol. The first kappa shape index (κ1) is 18.0. The molecule has 146 valence electrons. The first-order valence-electron chi connectivity index (χ1n) is 9.81. The lowest BCUT2D eigenvalue weighted by Gasteiger charge is -2.22. The maximum absolute atomic E-state index is 12.7. The molecule has 3 heterocycles. The Bertz CT molecular complexity index is 792. The number of anilines is 1. The summed E-state index contributed by atoms with van der Waals surface area (Å²) in [6, 6.07) is -0.310. The molecule has 0 aromatic carbocycles. The monoisotopic (exact) mass is 372 g/mol. The predicted octanol–water partition coefficient (Wildman–Crippen LogP) is 2.85. The Balaban J connectivity index is 1.43. The molecule has 27 heavy (non-hydrogen) atoms. The molecule has 2 aliphatic rings. The van der Waals surface area contributed by atoms with E-state index < -0.39 is 0 Å². The highest BCUT2D eigenvalue weighted by Gasteiger charge is 2.34. The minimum Gasteiger partial charge on any atom is -0.368 e. The topological polar surface area (TPSA) is 86.0 Å². The molecule has 2 aromatic heterocycles. The number of aromatic nitrogens is 4. The minimum absolute atomic E-state index is 0.0964. The summed E-state index contributed by atoms with van der Waals surface area (Å²) in [5.74, 6) is 1.27. The second-order valence-electron chi connectivity index (χ2n) is 7.62. The zero-order valence-corrected chi connectivity index (χ0v) is 16.0. The fourth-order valence-electron chi connectivity index (χ4n) is 4.25. The maximum Gasteiger partial charge on any atom is 0.319 e. The molecule has 2 fully saturated rings. The van der Waals surface area contributed by atoms with E-state index >= 15 is 0 Å². The Morgan fingerprint density at radius 1 is 1.22 bits per heavy atom. The smallest absolute Gasteiger partial charge is 0.319 e. The number of nitrogens with one attached hydrogen (secondary N) is 2. The van der Waals surface area contributed by atoms with Gasteiger partial charge in [-0.2, -0.15) is 5.10 Å². The van der Waals surface area contributed by atoms with Crippen molar-refractivity contribution in [3.05, 3.63) is 30.1 Å². The Morgan fingerprint density at radius 2 is 2.04 bits per heavy atom. The molecule has 8 heteroatoms. The minimum atomic E-state index is -0.220. The fraction of sp³-hybridized carbons (Fsp3) is 0.632. The van der Waals surface area contributed by atoms with Gasteiger partial charge in [-0.25, -0.2) is 9.78 Å². The number of amides is 2. The molecule has 4 rings (SSSR count). The van der Waals surface area contributed by atoms with Crippen LogP contribution in [0.4, 0.5) is 10.5 Å². The number of carbonyl (C=O) groups is 1. The van der Waals surface area contributed by atoms with Crippen molar-refractivity contribution >= 4 is 11.7 Å². The lowest BCUT2D eigenvalue weighted by atomic mass is 9.86. The predicted molar refractivity (Wildman–Crippen MR) is 101 cm³/mol. The molecule has 1 saturated heterocycles. The summed E-state index contributed by atoms with van der Waals surface area (Å²) < 4.78 is 9.54. The van der Waals surface area contributed by atoms with E-state index in [0.717, 1.165) is 36.5 Å². The average molecular weight is 372 g/mol. The molecule has 0 bridgehead atoms. The molecule has 2 atom stereocenters. The van der Waals surface area contributed by atoms with Gasteiger partial charge in [-0.15, -0.1) is 0 Å². The molecule has 0 unspecified atom stereocenters. The van der Waals surface area contributed by atoms with Crippen molar-refractivity contribution in [3.63, 3.8) is 0 Å². The Hall–Kier alpha value is -2.35. The number of carbonyl (C=O) groups excluding carboxylic acids is 1. The van der Waals surface area contributed by atoms with Crippen molar-refractivity contribution in [2.24, 2.45) is 14.1 Å². The fourth-order valence-corrected chi connectivity index (χ4v) is 4.25. The van der Waals surface area contributed by atoms with Gasteiger partial charge >= 0.3 is 6.03 Å². The van der Waals surface area contributed by atoms with Crippen LogP contribution >= 0.6 is 0 Å². The molecule has 2 N–H and O–H groups in total. The molecule has 2 aromatic rings. The number of imidazole rings is 1. The van der Waals surface area contributed by atoms with E-state index in [2.05, 4.69) is 20.7 Å². The van der Waals surface area contributed by atoms with Crippen LogP contribution in [0.5, 0.6) is 0 Å². The van der Waals surface area contributed by atoms with Gasteiger partial charge in [0.2, 0.25) is 0 Å². The van der Waals surface area contributed by atoms with Crippen LogP contribution in [0.2, 0.25) is 0 Å². The summed E-state index contributed by atoms with van der Waals surface area (Å²) in [5, 5.41) is 10.7. The van der Waals surface area contributed by atoms with Crippen LogP contribution in [0.1, 0.15) is 62.1 Å². The molecule has 8 nitrogen and oxygen atoms in total. The lowest BCUT2D eigenvalue weighted by molar-refractivity contribution is 0.0913. The van der Waals surface area contributed by atoms with Crippen molar-refractivity contribution in [1.82, 2.24) is 24.6 Å². The molecule has 1 aliphatic heterocycles. The summed E-state index contributed by atoms with van der Waals surface area (Å²) in [4.78, 5) is 17.0. The molecule has 2 amide bonds. The second-order valence-corrected chi connectivity index (χ2v) is 7.62. The van der Waals surface area contributed by atoms with E-state index in [9.17, 15) is 4.79 Å². The number of hydrogen-bond acceptors (Lipinski definition) is 4. The van der Waals surface area contributed by atoms with Crippen LogP contribution in [0, 0.1) is 0 Å². The van der Waals surface area contributed by atoms with Gasteiger partial charge < -0.3 is 19.9 Å². The normalized spacial score (nSPS) is 23.5. The van der Waals surface area contributed by atoms with Gasteiger partial charge in [-0.3, -0.25) is 4.68 Å². The van der Waals surface area contributed by atoms with Crippen molar-refractivity contribution in [2.75, 3.05) is 11.9 Å².